The maximum absolute atomic E-state index is 13.1. The molecule has 0 atom stereocenters. The molecule has 8 nitrogen and oxygen atoms in total. The maximum atomic E-state index is 13.1. The molecule has 0 unspecified atom stereocenters. The standard InChI is InChI=1S/C20H26N4O4S/c1-23(2)19-21-14-15-7-12-28-20(18(15)22-19)8-10-24(11-9-20)29(25,26)17-6-4-5-16(13-17)27-3/h4-6,13-14H,7-12H2,1-3H3. The molecule has 2 aliphatic rings. The minimum atomic E-state index is -3.59. The number of ether oxygens (including phenoxy) is 2. The number of rotatable bonds is 4. The van der Waals surface area contributed by atoms with Crippen LogP contribution in [0.15, 0.2) is 35.4 Å². The summed E-state index contributed by atoms with van der Waals surface area (Å²) in [7, 11) is 1.74. The van der Waals surface area contributed by atoms with Crippen molar-refractivity contribution in [3.8, 4) is 5.75 Å². The summed E-state index contributed by atoms with van der Waals surface area (Å²) in [6.45, 7) is 1.35. The lowest BCUT2D eigenvalue weighted by Gasteiger charge is -2.43. The summed E-state index contributed by atoms with van der Waals surface area (Å²) >= 11 is 0. The van der Waals surface area contributed by atoms with Gasteiger partial charge in [-0.2, -0.15) is 4.31 Å². The first-order chi connectivity index (χ1) is 13.9. The van der Waals surface area contributed by atoms with Gasteiger partial charge in [-0.15, -0.1) is 0 Å². The van der Waals surface area contributed by atoms with E-state index >= 15 is 0 Å². The van der Waals surface area contributed by atoms with Crippen LogP contribution in [0.3, 0.4) is 0 Å². The van der Waals surface area contributed by atoms with Gasteiger partial charge in [0.15, 0.2) is 0 Å². The molecule has 0 amide bonds. The quantitative estimate of drug-likeness (QED) is 0.748. The largest absolute Gasteiger partial charge is 0.497 e. The second-order valence-electron chi connectivity index (χ2n) is 7.61. The number of sulfonamides is 1. The van der Waals surface area contributed by atoms with Gasteiger partial charge in [-0.25, -0.2) is 18.4 Å². The third-order valence-corrected chi connectivity index (χ3v) is 7.54. The number of fused-ring (bicyclic) bond motifs is 2. The van der Waals surface area contributed by atoms with Gasteiger partial charge in [-0.05, 0) is 37.0 Å². The summed E-state index contributed by atoms with van der Waals surface area (Å²) in [5, 5.41) is 0. The second kappa shape index (κ2) is 7.55. The average molecular weight is 419 g/mol. The van der Waals surface area contributed by atoms with Gasteiger partial charge in [0, 0.05) is 39.4 Å². The minimum Gasteiger partial charge on any atom is -0.497 e. The lowest BCUT2D eigenvalue weighted by molar-refractivity contribution is -0.0925. The number of aromatic nitrogens is 2. The van der Waals surface area contributed by atoms with E-state index in [4.69, 9.17) is 14.5 Å². The SMILES string of the molecule is COc1cccc(S(=O)(=O)N2CCC3(CC2)OCCc2cnc(N(C)C)nc23)c1. The predicted molar refractivity (Wildman–Crippen MR) is 109 cm³/mol. The first kappa shape index (κ1) is 20.1. The van der Waals surface area contributed by atoms with Crippen LogP contribution in [0.25, 0.3) is 0 Å². The highest BCUT2D eigenvalue weighted by Gasteiger charge is 2.45. The van der Waals surface area contributed by atoms with Crippen LogP contribution in [0.4, 0.5) is 5.95 Å². The fourth-order valence-electron chi connectivity index (χ4n) is 3.99. The number of methoxy groups -OCH3 is 1. The number of anilines is 1. The maximum Gasteiger partial charge on any atom is 0.243 e. The zero-order valence-electron chi connectivity index (χ0n) is 17.0. The van der Waals surface area contributed by atoms with Crippen LogP contribution < -0.4 is 9.64 Å². The third-order valence-electron chi connectivity index (χ3n) is 5.64. The second-order valence-corrected chi connectivity index (χ2v) is 9.55. The molecule has 1 fully saturated rings. The Bertz CT molecular complexity index is 1000. The third kappa shape index (κ3) is 3.58. The molecular formula is C20H26N4O4S. The van der Waals surface area contributed by atoms with Crippen molar-refractivity contribution in [1.82, 2.24) is 14.3 Å². The Morgan fingerprint density at radius 2 is 2.00 bits per heavy atom. The number of nitrogens with zero attached hydrogens (tertiary/aromatic N) is 4. The monoisotopic (exact) mass is 418 g/mol. The summed E-state index contributed by atoms with van der Waals surface area (Å²) in [5.74, 6) is 1.16. The van der Waals surface area contributed by atoms with E-state index in [0.29, 0.717) is 44.2 Å². The molecule has 0 radical (unpaired) electrons. The Morgan fingerprint density at radius 1 is 1.24 bits per heavy atom. The molecule has 1 aromatic carbocycles. The molecule has 0 saturated carbocycles. The van der Waals surface area contributed by atoms with Crippen molar-refractivity contribution in [2.45, 2.75) is 29.8 Å². The van der Waals surface area contributed by atoms with Crippen molar-refractivity contribution >= 4 is 16.0 Å². The average Bonchev–Trinajstić information content (AvgIpc) is 2.74. The van der Waals surface area contributed by atoms with E-state index in [1.54, 1.807) is 24.3 Å². The summed E-state index contributed by atoms with van der Waals surface area (Å²) in [6.07, 6.45) is 3.78. The van der Waals surface area contributed by atoms with E-state index in [-0.39, 0.29) is 4.90 Å². The summed E-state index contributed by atoms with van der Waals surface area (Å²) in [5.41, 5.74) is 1.44. The molecule has 0 N–H and O–H groups in total. The molecule has 1 saturated heterocycles. The van der Waals surface area contributed by atoms with Gasteiger partial charge in [0.05, 0.1) is 24.3 Å². The first-order valence-corrected chi connectivity index (χ1v) is 11.1. The molecular weight excluding hydrogens is 392 g/mol. The van der Waals surface area contributed by atoms with E-state index in [0.717, 1.165) is 17.7 Å². The predicted octanol–water partition coefficient (Wildman–Crippen LogP) is 1.80. The molecule has 2 aromatic rings. The normalized spacial score (nSPS) is 19.0. The summed E-state index contributed by atoms with van der Waals surface area (Å²) < 4.78 is 39.1. The number of hydrogen-bond donors (Lipinski definition) is 0. The topological polar surface area (TPSA) is 84.9 Å². The van der Waals surface area contributed by atoms with E-state index in [1.807, 2.05) is 25.2 Å². The van der Waals surface area contributed by atoms with Gasteiger partial charge < -0.3 is 14.4 Å². The first-order valence-electron chi connectivity index (χ1n) is 9.68. The van der Waals surface area contributed by atoms with E-state index in [1.165, 1.54) is 11.4 Å². The molecule has 9 heteroatoms. The Labute approximate surface area is 171 Å². The fourth-order valence-corrected chi connectivity index (χ4v) is 5.47. The molecule has 3 heterocycles. The Balaban J connectivity index is 1.59. The van der Waals surface area contributed by atoms with Crippen LogP contribution in [0.1, 0.15) is 24.1 Å². The molecule has 4 rings (SSSR count). The number of benzene rings is 1. The Kier molecular flexibility index (Phi) is 5.22. The highest BCUT2D eigenvalue weighted by Crippen LogP contribution is 2.41. The van der Waals surface area contributed by atoms with Crippen LogP contribution >= 0.6 is 0 Å². The van der Waals surface area contributed by atoms with Crippen molar-refractivity contribution in [2.24, 2.45) is 0 Å². The van der Waals surface area contributed by atoms with Crippen molar-refractivity contribution in [3.05, 3.63) is 41.7 Å². The fraction of sp³-hybridized carbons (Fsp3) is 0.500. The van der Waals surface area contributed by atoms with Crippen molar-refractivity contribution in [1.29, 1.82) is 0 Å². The van der Waals surface area contributed by atoms with Crippen molar-refractivity contribution < 1.29 is 17.9 Å². The number of hydrogen-bond acceptors (Lipinski definition) is 7. The van der Waals surface area contributed by atoms with Crippen molar-refractivity contribution in [3.63, 3.8) is 0 Å². The Morgan fingerprint density at radius 3 is 2.69 bits per heavy atom. The van der Waals surface area contributed by atoms with Crippen LogP contribution in [-0.4, -0.2) is 63.6 Å². The zero-order valence-corrected chi connectivity index (χ0v) is 17.8. The van der Waals surface area contributed by atoms with Gasteiger partial charge in [-0.3, -0.25) is 0 Å². The van der Waals surface area contributed by atoms with Crippen molar-refractivity contribution in [2.75, 3.05) is 45.8 Å². The smallest absolute Gasteiger partial charge is 0.243 e. The van der Waals surface area contributed by atoms with Crippen LogP contribution in [0, 0.1) is 0 Å². The summed E-state index contributed by atoms with van der Waals surface area (Å²) in [6, 6.07) is 6.59. The van der Waals surface area contributed by atoms with Gasteiger partial charge in [0.2, 0.25) is 16.0 Å². The van der Waals surface area contributed by atoms with Gasteiger partial charge in [0.25, 0.3) is 0 Å². The van der Waals surface area contributed by atoms with E-state index in [2.05, 4.69) is 4.98 Å². The van der Waals surface area contributed by atoms with Gasteiger partial charge in [0.1, 0.15) is 11.4 Å². The van der Waals surface area contributed by atoms with Crippen LogP contribution in [-0.2, 0) is 26.8 Å². The molecule has 156 valence electrons. The molecule has 1 spiro atoms. The lowest BCUT2D eigenvalue weighted by Crippen LogP contribution is -2.48. The lowest BCUT2D eigenvalue weighted by atomic mass is 9.84. The molecule has 2 aliphatic heterocycles. The minimum absolute atomic E-state index is 0.245. The highest BCUT2D eigenvalue weighted by molar-refractivity contribution is 7.89. The van der Waals surface area contributed by atoms with E-state index < -0.39 is 15.6 Å². The van der Waals surface area contributed by atoms with Gasteiger partial charge >= 0.3 is 0 Å². The van der Waals surface area contributed by atoms with Crippen LogP contribution in [0.2, 0.25) is 0 Å². The Hall–Kier alpha value is -2.23. The zero-order chi connectivity index (χ0) is 20.6. The molecule has 1 aromatic heterocycles. The highest BCUT2D eigenvalue weighted by atomic mass is 32.2. The molecule has 29 heavy (non-hydrogen) atoms. The van der Waals surface area contributed by atoms with E-state index in [9.17, 15) is 8.42 Å². The summed E-state index contributed by atoms with van der Waals surface area (Å²) in [4.78, 5) is 11.3. The van der Waals surface area contributed by atoms with Crippen LogP contribution in [0.5, 0.6) is 5.75 Å². The molecule has 0 aliphatic carbocycles. The van der Waals surface area contributed by atoms with Gasteiger partial charge in [-0.1, -0.05) is 6.07 Å². The molecule has 0 bridgehead atoms. The number of piperidine rings is 1.